The summed E-state index contributed by atoms with van der Waals surface area (Å²) in [6.45, 7) is 11.4. The van der Waals surface area contributed by atoms with Crippen molar-refractivity contribution in [1.82, 2.24) is 15.3 Å². The number of aliphatic hydroxyl groups is 1. The second-order valence-electron chi connectivity index (χ2n) is 7.77. The maximum absolute atomic E-state index is 9.93. The van der Waals surface area contributed by atoms with E-state index < -0.39 is 6.10 Å². The number of aliphatic hydroxyl groups excluding tert-OH is 1. The van der Waals surface area contributed by atoms with Gasteiger partial charge in [-0.3, -0.25) is 0 Å². The highest BCUT2D eigenvalue weighted by Crippen LogP contribution is 2.29. The van der Waals surface area contributed by atoms with E-state index in [0.717, 1.165) is 42.3 Å². The Hall–Kier alpha value is -2.42. The third kappa shape index (κ3) is 7.05. The van der Waals surface area contributed by atoms with Crippen molar-refractivity contribution in [3.05, 3.63) is 29.8 Å². The monoisotopic (exact) mass is 445 g/mol. The number of nitrogens with one attached hydrogen (secondary N) is 2. The Bertz CT molecular complexity index is 829. The molecule has 0 aliphatic heterocycles. The molecule has 1 heterocycles. The fourth-order valence-corrected chi connectivity index (χ4v) is 3.47. The van der Waals surface area contributed by atoms with Gasteiger partial charge in [0, 0.05) is 37.9 Å². The van der Waals surface area contributed by atoms with E-state index in [0.29, 0.717) is 24.7 Å². The summed E-state index contributed by atoms with van der Waals surface area (Å²) in [6, 6.07) is 7.85. The summed E-state index contributed by atoms with van der Waals surface area (Å²) in [5.74, 6) is 3.04. The van der Waals surface area contributed by atoms with Gasteiger partial charge in [-0.25, -0.2) is 9.97 Å². The summed E-state index contributed by atoms with van der Waals surface area (Å²) in [5, 5.41) is 16.4. The molecule has 2 atom stereocenters. The maximum atomic E-state index is 9.93. The largest absolute Gasteiger partial charge is 0.491 e. The van der Waals surface area contributed by atoms with E-state index in [2.05, 4.69) is 43.2 Å². The van der Waals surface area contributed by atoms with E-state index in [1.807, 2.05) is 24.3 Å². The molecule has 178 valence electrons. The summed E-state index contributed by atoms with van der Waals surface area (Å²) >= 11 is 0. The van der Waals surface area contributed by atoms with Crippen LogP contribution in [0.2, 0.25) is 0 Å². The van der Waals surface area contributed by atoms with Crippen molar-refractivity contribution in [2.24, 2.45) is 0 Å². The van der Waals surface area contributed by atoms with E-state index in [1.165, 1.54) is 0 Å². The Kier molecular flexibility index (Phi) is 10.7. The van der Waals surface area contributed by atoms with Gasteiger partial charge in [-0.15, -0.1) is 0 Å². The van der Waals surface area contributed by atoms with Gasteiger partial charge in [0.1, 0.15) is 30.1 Å². The zero-order valence-electron chi connectivity index (χ0n) is 20.3. The van der Waals surface area contributed by atoms with E-state index in [9.17, 15) is 5.11 Å². The van der Waals surface area contributed by atoms with E-state index in [1.54, 1.807) is 14.2 Å². The summed E-state index contributed by atoms with van der Waals surface area (Å²) in [5.41, 5.74) is 1.89. The summed E-state index contributed by atoms with van der Waals surface area (Å²) in [4.78, 5) is 12.0. The van der Waals surface area contributed by atoms with Gasteiger partial charge in [-0.2, -0.15) is 0 Å². The van der Waals surface area contributed by atoms with Crippen LogP contribution in [0.15, 0.2) is 24.3 Å². The highest BCUT2D eigenvalue weighted by atomic mass is 16.5. The van der Waals surface area contributed by atoms with Crippen LogP contribution in [0.3, 0.4) is 0 Å². The molecule has 2 unspecified atom stereocenters. The van der Waals surface area contributed by atoms with Gasteiger partial charge in [0.2, 0.25) is 0 Å². The first-order valence-corrected chi connectivity index (χ1v) is 11.4. The number of ether oxygens (including phenoxy) is 2. The minimum atomic E-state index is -0.573. The predicted octanol–water partition coefficient (Wildman–Crippen LogP) is 3.09. The number of nitrogens with zero attached hydrogens (tertiary/aromatic N) is 3. The second-order valence-corrected chi connectivity index (χ2v) is 7.77. The number of likely N-dealkylation sites (N-methyl/N-ethyl adjacent to an activating group) is 1. The summed E-state index contributed by atoms with van der Waals surface area (Å²) in [7, 11) is 3.51. The normalized spacial score (nSPS) is 13.0. The molecular formula is C24H39N5O3. The number of hydrogen-bond acceptors (Lipinski definition) is 8. The first-order chi connectivity index (χ1) is 15.5. The molecule has 0 bridgehead atoms. The SMILES string of the molecule is CCC(COC)Nc1nc(-c2cccc(OCC(O)CNC)c2)nc(N(CC)CC)c1C. The molecule has 0 aliphatic carbocycles. The number of rotatable bonds is 14. The molecule has 0 spiro atoms. The van der Waals surface area contributed by atoms with Gasteiger partial charge in [0.15, 0.2) is 5.82 Å². The average molecular weight is 446 g/mol. The van der Waals surface area contributed by atoms with Crippen molar-refractivity contribution in [1.29, 1.82) is 0 Å². The zero-order chi connectivity index (χ0) is 23.5. The Balaban J connectivity index is 2.42. The molecule has 8 heteroatoms. The van der Waals surface area contributed by atoms with Crippen LogP contribution >= 0.6 is 0 Å². The average Bonchev–Trinajstić information content (AvgIpc) is 2.80. The van der Waals surface area contributed by atoms with Gasteiger partial charge >= 0.3 is 0 Å². The Morgan fingerprint density at radius 1 is 1.12 bits per heavy atom. The standard InChI is InChI=1S/C24H39N5O3/c1-7-19(15-31-6)26-22-17(4)24(29(8-2)9-3)28-23(27-22)18-11-10-12-21(13-18)32-16-20(30)14-25-5/h10-13,19-20,25,30H,7-9,14-16H2,1-6H3,(H,26,27,28). The van der Waals surface area contributed by atoms with Crippen LogP contribution in [0.5, 0.6) is 5.75 Å². The molecule has 2 rings (SSSR count). The predicted molar refractivity (Wildman–Crippen MR) is 131 cm³/mol. The van der Waals surface area contributed by atoms with E-state index in [-0.39, 0.29) is 12.6 Å². The minimum absolute atomic E-state index is 0.161. The Labute approximate surface area is 192 Å². The molecule has 0 saturated heterocycles. The molecule has 3 N–H and O–H groups in total. The number of hydrogen-bond donors (Lipinski definition) is 3. The van der Waals surface area contributed by atoms with Gasteiger partial charge in [-0.05, 0) is 46.4 Å². The molecule has 2 aromatic rings. The van der Waals surface area contributed by atoms with Crippen LogP contribution in [-0.2, 0) is 4.74 Å². The molecular weight excluding hydrogens is 406 g/mol. The van der Waals surface area contributed by atoms with Crippen molar-refractivity contribution >= 4 is 11.6 Å². The van der Waals surface area contributed by atoms with Gasteiger partial charge in [-0.1, -0.05) is 19.1 Å². The smallest absolute Gasteiger partial charge is 0.164 e. The molecule has 0 amide bonds. The lowest BCUT2D eigenvalue weighted by molar-refractivity contribution is 0.108. The molecule has 32 heavy (non-hydrogen) atoms. The molecule has 0 aliphatic rings. The summed E-state index contributed by atoms with van der Waals surface area (Å²) < 4.78 is 11.1. The van der Waals surface area contributed by atoms with Crippen molar-refractivity contribution in [2.45, 2.75) is 46.3 Å². The van der Waals surface area contributed by atoms with Crippen molar-refractivity contribution in [3.63, 3.8) is 0 Å². The van der Waals surface area contributed by atoms with Crippen LogP contribution in [0, 0.1) is 6.92 Å². The zero-order valence-corrected chi connectivity index (χ0v) is 20.3. The van der Waals surface area contributed by atoms with Gasteiger partial charge < -0.3 is 30.1 Å². The number of methoxy groups -OCH3 is 1. The fourth-order valence-electron chi connectivity index (χ4n) is 3.47. The lowest BCUT2D eigenvalue weighted by Crippen LogP contribution is -2.29. The Morgan fingerprint density at radius 3 is 2.50 bits per heavy atom. The van der Waals surface area contributed by atoms with E-state index >= 15 is 0 Å². The third-order valence-electron chi connectivity index (χ3n) is 5.36. The number of anilines is 2. The Morgan fingerprint density at radius 2 is 1.88 bits per heavy atom. The third-order valence-corrected chi connectivity index (χ3v) is 5.36. The fraction of sp³-hybridized carbons (Fsp3) is 0.583. The lowest BCUT2D eigenvalue weighted by Gasteiger charge is -2.25. The first-order valence-electron chi connectivity index (χ1n) is 11.4. The summed E-state index contributed by atoms with van der Waals surface area (Å²) in [6.07, 6.45) is 0.349. The molecule has 0 saturated carbocycles. The van der Waals surface area contributed by atoms with E-state index in [4.69, 9.17) is 19.4 Å². The first kappa shape index (κ1) is 25.8. The van der Waals surface area contributed by atoms with Crippen LogP contribution in [-0.4, -0.2) is 74.2 Å². The number of aromatic nitrogens is 2. The lowest BCUT2D eigenvalue weighted by atomic mass is 10.1. The molecule has 0 radical (unpaired) electrons. The van der Waals surface area contributed by atoms with Crippen LogP contribution in [0.25, 0.3) is 11.4 Å². The van der Waals surface area contributed by atoms with Crippen LogP contribution < -0.4 is 20.3 Å². The van der Waals surface area contributed by atoms with Crippen LogP contribution in [0.1, 0.15) is 32.8 Å². The van der Waals surface area contributed by atoms with Crippen molar-refractivity contribution in [2.75, 3.05) is 57.2 Å². The highest BCUT2D eigenvalue weighted by Gasteiger charge is 2.18. The second kappa shape index (κ2) is 13.2. The molecule has 1 aromatic carbocycles. The molecule has 8 nitrogen and oxygen atoms in total. The molecule has 1 aromatic heterocycles. The minimum Gasteiger partial charge on any atom is -0.491 e. The van der Waals surface area contributed by atoms with Crippen LogP contribution in [0.4, 0.5) is 11.6 Å². The van der Waals surface area contributed by atoms with Crippen molar-refractivity contribution < 1.29 is 14.6 Å². The number of benzene rings is 1. The van der Waals surface area contributed by atoms with Gasteiger partial charge in [0.25, 0.3) is 0 Å². The quantitative estimate of drug-likeness (QED) is 0.409. The molecule has 0 fully saturated rings. The van der Waals surface area contributed by atoms with Crippen molar-refractivity contribution in [3.8, 4) is 17.1 Å². The topological polar surface area (TPSA) is 91.8 Å². The maximum Gasteiger partial charge on any atom is 0.164 e. The highest BCUT2D eigenvalue weighted by molar-refractivity contribution is 5.67. The van der Waals surface area contributed by atoms with Gasteiger partial charge in [0.05, 0.1) is 12.6 Å².